The van der Waals surface area contributed by atoms with E-state index in [1.807, 2.05) is 6.07 Å². The molecule has 2 heterocycles. The molecular weight excluding hydrogens is 280 g/mol. The van der Waals surface area contributed by atoms with E-state index in [0.29, 0.717) is 17.9 Å². The van der Waals surface area contributed by atoms with Gasteiger partial charge < -0.3 is 21.1 Å². The van der Waals surface area contributed by atoms with Crippen LogP contribution >= 0.6 is 0 Å². The molecule has 3 rings (SSSR count). The van der Waals surface area contributed by atoms with Crippen molar-refractivity contribution in [2.24, 2.45) is 11.5 Å². The molecule has 1 amide bonds. The molecule has 1 saturated heterocycles. The largest absolute Gasteiger partial charge is 0.378 e. The second kappa shape index (κ2) is 6.22. The van der Waals surface area contributed by atoms with E-state index in [9.17, 15) is 4.79 Å². The molecular formula is C16H24N4O2. The van der Waals surface area contributed by atoms with Gasteiger partial charge in [0.15, 0.2) is 0 Å². The number of pyridine rings is 1. The highest BCUT2D eigenvalue weighted by Crippen LogP contribution is 2.28. The molecule has 1 aromatic heterocycles. The Balaban J connectivity index is 1.96. The summed E-state index contributed by atoms with van der Waals surface area (Å²) >= 11 is 0. The molecule has 120 valence electrons. The lowest BCUT2D eigenvalue weighted by Gasteiger charge is -2.37. The standard InChI is InChI=1S/C16H24N4O2/c1-22-14-9-20(7-6-12(14)17)16-11(15(18)21)8-10-4-2-3-5-13(10)19-16/h8,12,14H,2-7,9,17H2,1H3,(H2,18,21). The number of piperidine rings is 1. The van der Waals surface area contributed by atoms with Crippen LogP contribution < -0.4 is 16.4 Å². The molecule has 0 saturated carbocycles. The second-order valence-corrected chi connectivity index (χ2v) is 6.21. The van der Waals surface area contributed by atoms with Crippen molar-refractivity contribution in [2.75, 3.05) is 25.1 Å². The van der Waals surface area contributed by atoms with Crippen LogP contribution in [0, 0.1) is 0 Å². The summed E-state index contributed by atoms with van der Waals surface area (Å²) in [6, 6.07) is 1.96. The smallest absolute Gasteiger partial charge is 0.252 e. The van der Waals surface area contributed by atoms with E-state index in [-0.39, 0.29) is 12.1 Å². The molecule has 2 unspecified atom stereocenters. The minimum atomic E-state index is -0.417. The first-order valence-electron chi connectivity index (χ1n) is 7.96. The Morgan fingerprint density at radius 1 is 1.41 bits per heavy atom. The van der Waals surface area contributed by atoms with Crippen LogP contribution in [0.15, 0.2) is 6.07 Å². The molecule has 2 aliphatic rings. The third-order valence-electron chi connectivity index (χ3n) is 4.76. The lowest BCUT2D eigenvalue weighted by Crippen LogP contribution is -2.52. The number of fused-ring (bicyclic) bond motifs is 1. The SMILES string of the molecule is COC1CN(c2nc3c(cc2C(N)=O)CCCC3)CCC1N. The van der Waals surface area contributed by atoms with Gasteiger partial charge in [-0.3, -0.25) is 4.79 Å². The van der Waals surface area contributed by atoms with Crippen LogP contribution in [0.5, 0.6) is 0 Å². The Kier molecular flexibility index (Phi) is 4.31. The van der Waals surface area contributed by atoms with Crippen LogP contribution in [-0.4, -0.2) is 43.2 Å². The van der Waals surface area contributed by atoms with Crippen LogP contribution in [0.3, 0.4) is 0 Å². The van der Waals surface area contributed by atoms with E-state index in [2.05, 4.69) is 4.90 Å². The van der Waals surface area contributed by atoms with Gasteiger partial charge in [0.2, 0.25) is 0 Å². The number of aryl methyl sites for hydroxylation is 2. The van der Waals surface area contributed by atoms with E-state index < -0.39 is 5.91 Å². The van der Waals surface area contributed by atoms with Gasteiger partial charge in [-0.25, -0.2) is 4.98 Å². The monoisotopic (exact) mass is 304 g/mol. The number of carbonyl (C=O) groups excluding carboxylic acids is 1. The number of aromatic nitrogens is 1. The number of carbonyl (C=O) groups is 1. The van der Waals surface area contributed by atoms with Gasteiger partial charge in [0, 0.05) is 31.9 Å². The van der Waals surface area contributed by atoms with Gasteiger partial charge in [-0.1, -0.05) is 0 Å². The van der Waals surface area contributed by atoms with Crippen molar-refractivity contribution in [2.45, 2.75) is 44.2 Å². The van der Waals surface area contributed by atoms with Gasteiger partial charge in [0.25, 0.3) is 5.91 Å². The van der Waals surface area contributed by atoms with E-state index in [1.165, 1.54) is 5.56 Å². The lowest BCUT2D eigenvalue weighted by molar-refractivity contribution is 0.0726. The predicted octanol–water partition coefficient (Wildman–Crippen LogP) is 0.612. The quantitative estimate of drug-likeness (QED) is 0.853. The van der Waals surface area contributed by atoms with Gasteiger partial charge in [0.1, 0.15) is 5.82 Å². The third-order valence-corrected chi connectivity index (χ3v) is 4.76. The summed E-state index contributed by atoms with van der Waals surface area (Å²) in [4.78, 5) is 18.7. The van der Waals surface area contributed by atoms with E-state index in [4.69, 9.17) is 21.2 Å². The van der Waals surface area contributed by atoms with Gasteiger partial charge in [-0.2, -0.15) is 0 Å². The minimum Gasteiger partial charge on any atom is -0.378 e. The topological polar surface area (TPSA) is 94.5 Å². The zero-order chi connectivity index (χ0) is 15.7. The summed E-state index contributed by atoms with van der Waals surface area (Å²) < 4.78 is 5.46. The molecule has 1 aromatic rings. The average molecular weight is 304 g/mol. The summed E-state index contributed by atoms with van der Waals surface area (Å²) in [5.41, 5.74) is 14.5. The van der Waals surface area contributed by atoms with E-state index in [0.717, 1.165) is 44.3 Å². The number of anilines is 1. The van der Waals surface area contributed by atoms with Crippen LogP contribution in [0.25, 0.3) is 0 Å². The molecule has 0 spiro atoms. The molecule has 1 aliphatic heterocycles. The fourth-order valence-electron chi connectivity index (χ4n) is 3.42. The molecule has 0 aromatic carbocycles. The van der Waals surface area contributed by atoms with Crippen LogP contribution in [-0.2, 0) is 17.6 Å². The lowest BCUT2D eigenvalue weighted by atomic mass is 9.94. The summed E-state index contributed by atoms with van der Waals surface area (Å²) in [7, 11) is 1.67. The molecule has 4 N–H and O–H groups in total. The maximum absolute atomic E-state index is 11.9. The molecule has 1 aliphatic carbocycles. The number of hydrogen-bond acceptors (Lipinski definition) is 5. The highest BCUT2D eigenvalue weighted by Gasteiger charge is 2.30. The molecule has 6 heteroatoms. The maximum atomic E-state index is 11.9. The van der Waals surface area contributed by atoms with Gasteiger partial charge in [0.05, 0.1) is 11.7 Å². The van der Waals surface area contributed by atoms with Crippen molar-refractivity contribution in [3.05, 3.63) is 22.9 Å². The summed E-state index contributed by atoms with van der Waals surface area (Å²) in [6.07, 6.45) is 5.02. The highest BCUT2D eigenvalue weighted by atomic mass is 16.5. The van der Waals surface area contributed by atoms with Crippen molar-refractivity contribution < 1.29 is 9.53 Å². The number of rotatable bonds is 3. The minimum absolute atomic E-state index is 0.0240. The number of ether oxygens (including phenoxy) is 1. The van der Waals surface area contributed by atoms with Crippen molar-refractivity contribution in [1.29, 1.82) is 0 Å². The van der Waals surface area contributed by atoms with Gasteiger partial charge in [-0.05, 0) is 43.7 Å². The van der Waals surface area contributed by atoms with Crippen LogP contribution in [0.2, 0.25) is 0 Å². The Morgan fingerprint density at radius 2 is 2.18 bits per heavy atom. The Bertz CT molecular complexity index is 576. The molecule has 6 nitrogen and oxygen atoms in total. The number of methoxy groups -OCH3 is 1. The molecule has 0 radical (unpaired) electrons. The molecule has 2 atom stereocenters. The van der Waals surface area contributed by atoms with Gasteiger partial charge >= 0.3 is 0 Å². The average Bonchev–Trinajstić information content (AvgIpc) is 2.54. The van der Waals surface area contributed by atoms with Crippen molar-refractivity contribution in [3.8, 4) is 0 Å². The van der Waals surface area contributed by atoms with Crippen molar-refractivity contribution in [1.82, 2.24) is 4.98 Å². The Hall–Kier alpha value is -1.66. The molecule has 1 fully saturated rings. The summed E-state index contributed by atoms with van der Waals surface area (Å²) in [5.74, 6) is 0.279. The van der Waals surface area contributed by atoms with Crippen LogP contribution in [0.1, 0.15) is 40.9 Å². The number of nitrogens with zero attached hydrogens (tertiary/aromatic N) is 2. The summed E-state index contributed by atoms with van der Waals surface area (Å²) in [5, 5.41) is 0. The number of primary amides is 1. The second-order valence-electron chi connectivity index (χ2n) is 6.21. The van der Waals surface area contributed by atoms with Crippen LogP contribution in [0.4, 0.5) is 5.82 Å². The Morgan fingerprint density at radius 3 is 2.91 bits per heavy atom. The zero-order valence-electron chi connectivity index (χ0n) is 13.0. The fourth-order valence-corrected chi connectivity index (χ4v) is 3.42. The summed E-state index contributed by atoms with van der Waals surface area (Å²) in [6.45, 7) is 1.41. The van der Waals surface area contributed by atoms with E-state index in [1.54, 1.807) is 7.11 Å². The van der Waals surface area contributed by atoms with Crippen molar-refractivity contribution >= 4 is 11.7 Å². The van der Waals surface area contributed by atoms with Crippen molar-refractivity contribution in [3.63, 3.8) is 0 Å². The molecule has 0 bridgehead atoms. The molecule has 22 heavy (non-hydrogen) atoms. The number of hydrogen-bond donors (Lipinski definition) is 2. The number of nitrogens with two attached hydrogens (primary N) is 2. The first-order chi connectivity index (χ1) is 10.6. The predicted molar refractivity (Wildman–Crippen MR) is 85.0 cm³/mol. The van der Waals surface area contributed by atoms with Gasteiger partial charge in [-0.15, -0.1) is 0 Å². The third kappa shape index (κ3) is 2.80. The van der Waals surface area contributed by atoms with E-state index >= 15 is 0 Å². The first kappa shape index (κ1) is 15.2. The first-order valence-corrected chi connectivity index (χ1v) is 7.96. The zero-order valence-corrected chi connectivity index (χ0v) is 13.0. The fraction of sp³-hybridized carbons (Fsp3) is 0.625. The maximum Gasteiger partial charge on any atom is 0.252 e. The Labute approximate surface area is 130 Å². The highest BCUT2D eigenvalue weighted by molar-refractivity contribution is 5.98. The normalized spacial score (nSPS) is 24.9. The number of amides is 1.